The van der Waals surface area contributed by atoms with Crippen molar-refractivity contribution in [3.8, 4) is 0 Å². The van der Waals surface area contributed by atoms with Crippen LogP contribution in [0.15, 0.2) is 15.9 Å². The van der Waals surface area contributed by atoms with Gasteiger partial charge in [0.1, 0.15) is 26.2 Å². The van der Waals surface area contributed by atoms with Crippen molar-refractivity contribution in [3.63, 3.8) is 0 Å². The van der Waals surface area contributed by atoms with Crippen LogP contribution in [0.5, 0.6) is 0 Å². The standard InChI is InChI=1S/C18H31N7O2.3ClH/c1-21-10-12-24(13-11-21)8-4-6-19-7-5-9-25-14-20-16-15(25)17(26)23(3)18(27)22(16)2;;;/h14,19H,4-13H2,1-3H3;3*1H. The number of aromatic nitrogens is 4. The summed E-state index contributed by atoms with van der Waals surface area (Å²) in [5, 5.41) is 2.37. The summed E-state index contributed by atoms with van der Waals surface area (Å²) in [6.45, 7) is 9.41. The van der Waals surface area contributed by atoms with Crippen molar-refractivity contribution in [2.24, 2.45) is 14.1 Å². The van der Waals surface area contributed by atoms with Crippen LogP contribution in [0.2, 0.25) is 0 Å². The van der Waals surface area contributed by atoms with Crippen molar-refractivity contribution in [3.05, 3.63) is 27.2 Å². The van der Waals surface area contributed by atoms with E-state index in [0.29, 0.717) is 11.2 Å². The minimum absolute atomic E-state index is 0. The van der Waals surface area contributed by atoms with Gasteiger partial charge in [0.2, 0.25) is 0 Å². The van der Waals surface area contributed by atoms with Gasteiger partial charge in [0.05, 0.1) is 33.0 Å². The third kappa shape index (κ3) is 6.70. The van der Waals surface area contributed by atoms with Crippen LogP contribution in [-0.2, 0) is 20.6 Å². The van der Waals surface area contributed by atoms with Crippen LogP contribution >= 0.6 is 0 Å². The van der Waals surface area contributed by atoms with Crippen molar-refractivity contribution >= 4 is 11.2 Å². The van der Waals surface area contributed by atoms with Crippen molar-refractivity contribution in [1.29, 1.82) is 0 Å². The van der Waals surface area contributed by atoms with Gasteiger partial charge in [-0.3, -0.25) is 13.9 Å². The first-order valence-corrected chi connectivity index (χ1v) is 10.1. The average Bonchev–Trinajstić information content (AvgIpc) is 3.09. The maximum absolute atomic E-state index is 12.4. The van der Waals surface area contributed by atoms with Crippen molar-refractivity contribution in [2.75, 3.05) is 52.9 Å². The molecular formula is C18H34Cl3N7O2. The maximum Gasteiger partial charge on any atom is 0.332 e. The van der Waals surface area contributed by atoms with Crippen LogP contribution in [-0.4, -0.2) is 71.5 Å². The minimum Gasteiger partial charge on any atom is -1.00 e. The van der Waals surface area contributed by atoms with E-state index in [2.05, 4.69) is 17.3 Å². The molecule has 0 amide bonds. The first-order valence-electron chi connectivity index (χ1n) is 10.1. The number of fused-ring (bicyclic) bond motifs is 1. The molecular weight excluding hydrogens is 453 g/mol. The van der Waals surface area contributed by atoms with Gasteiger partial charge >= 0.3 is 5.69 Å². The molecule has 0 unspecified atom stereocenters. The van der Waals surface area contributed by atoms with E-state index in [-0.39, 0.29) is 48.5 Å². The fourth-order valence-corrected chi connectivity index (χ4v) is 3.89. The average molecular weight is 487 g/mol. The Labute approximate surface area is 195 Å². The maximum atomic E-state index is 12.4. The highest BCUT2D eigenvalue weighted by Crippen LogP contribution is 2.05. The van der Waals surface area contributed by atoms with Gasteiger partial charge in [0.25, 0.3) is 5.56 Å². The number of nitrogens with zero attached hydrogens (tertiary/aromatic N) is 4. The second-order valence-corrected chi connectivity index (χ2v) is 7.85. The number of rotatable bonds is 8. The minimum atomic E-state index is -0.338. The van der Waals surface area contributed by atoms with Crippen LogP contribution in [0.3, 0.4) is 0 Å². The topological polar surface area (TPSA) is 87.3 Å². The molecule has 174 valence electrons. The molecule has 0 aliphatic carbocycles. The quantitative estimate of drug-likeness (QED) is 0.324. The van der Waals surface area contributed by atoms with E-state index in [1.165, 1.54) is 50.8 Å². The number of aryl methyl sites for hydroxylation is 2. The van der Waals surface area contributed by atoms with E-state index in [4.69, 9.17) is 0 Å². The first kappa shape index (κ1) is 28.9. The fraction of sp³-hybridized carbons (Fsp3) is 0.722. The molecule has 12 heteroatoms. The molecule has 4 N–H and O–H groups in total. The Morgan fingerprint density at radius 3 is 2.30 bits per heavy atom. The summed E-state index contributed by atoms with van der Waals surface area (Å²) < 4.78 is 4.46. The first-order chi connectivity index (χ1) is 13.0. The molecule has 0 spiro atoms. The van der Waals surface area contributed by atoms with Gasteiger partial charge < -0.3 is 56.9 Å². The van der Waals surface area contributed by atoms with Crippen LogP contribution in [0.1, 0.15) is 12.8 Å². The zero-order chi connectivity index (χ0) is 19.4. The third-order valence-electron chi connectivity index (χ3n) is 5.77. The van der Waals surface area contributed by atoms with E-state index >= 15 is 0 Å². The highest BCUT2D eigenvalue weighted by molar-refractivity contribution is 5.69. The SMILES string of the molecule is Cn1c(=O)c2c(ncn2CCC[NH2+]CCC[NH+]2CC[NH+](C)CC2)n(C)c1=O.[Cl-].[Cl-].[Cl-]. The van der Waals surface area contributed by atoms with Gasteiger partial charge in [-0.25, -0.2) is 9.78 Å². The monoisotopic (exact) mass is 485 g/mol. The lowest BCUT2D eigenvalue weighted by molar-refractivity contribution is -1.00. The van der Waals surface area contributed by atoms with Gasteiger partial charge in [-0.2, -0.15) is 0 Å². The summed E-state index contributed by atoms with van der Waals surface area (Å²) >= 11 is 0. The smallest absolute Gasteiger partial charge is 0.332 e. The molecule has 1 aliphatic rings. The van der Waals surface area contributed by atoms with Crippen molar-refractivity contribution in [1.82, 2.24) is 18.7 Å². The number of hydrogen-bond acceptors (Lipinski definition) is 3. The molecule has 3 heterocycles. The van der Waals surface area contributed by atoms with Crippen LogP contribution in [0.25, 0.3) is 11.2 Å². The second kappa shape index (κ2) is 13.3. The molecule has 0 radical (unpaired) electrons. The molecule has 0 saturated carbocycles. The predicted molar refractivity (Wildman–Crippen MR) is 103 cm³/mol. The molecule has 0 atom stereocenters. The van der Waals surface area contributed by atoms with Crippen LogP contribution in [0.4, 0.5) is 0 Å². The number of nitrogens with one attached hydrogen (secondary N) is 2. The number of hydrogen-bond donors (Lipinski definition) is 3. The molecule has 2 aromatic heterocycles. The Kier molecular flexibility index (Phi) is 12.9. The summed E-state index contributed by atoms with van der Waals surface area (Å²) in [6, 6.07) is 0. The Bertz CT molecular complexity index is 888. The van der Waals surface area contributed by atoms with Crippen molar-refractivity contribution in [2.45, 2.75) is 19.4 Å². The highest BCUT2D eigenvalue weighted by Gasteiger charge is 2.19. The van der Waals surface area contributed by atoms with Gasteiger partial charge in [0, 0.05) is 33.5 Å². The fourth-order valence-electron chi connectivity index (χ4n) is 3.89. The Morgan fingerprint density at radius 2 is 1.63 bits per heavy atom. The normalized spacial score (nSPS) is 18.4. The molecule has 2 aromatic rings. The van der Waals surface area contributed by atoms with E-state index in [9.17, 15) is 9.59 Å². The van der Waals surface area contributed by atoms with E-state index in [1.54, 1.807) is 23.2 Å². The summed E-state index contributed by atoms with van der Waals surface area (Å²) in [7, 11) is 5.45. The largest absolute Gasteiger partial charge is 1.00 e. The lowest BCUT2D eigenvalue weighted by Crippen LogP contribution is -3.27. The Balaban J connectivity index is 0.00000280. The lowest BCUT2D eigenvalue weighted by Gasteiger charge is -2.27. The molecule has 30 heavy (non-hydrogen) atoms. The van der Waals surface area contributed by atoms with Gasteiger partial charge in [-0.15, -0.1) is 0 Å². The molecule has 1 fully saturated rings. The number of likely N-dealkylation sites (N-methyl/N-ethyl adjacent to an activating group) is 1. The molecule has 1 saturated heterocycles. The van der Waals surface area contributed by atoms with Crippen LogP contribution < -0.4 is 63.6 Å². The summed E-state index contributed by atoms with van der Waals surface area (Å²) in [5.74, 6) is 0. The van der Waals surface area contributed by atoms with E-state index in [1.807, 2.05) is 4.57 Å². The van der Waals surface area contributed by atoms with Gasteiger partial charge in [-0.05, 0) is 0 Å². The molecule has 9 nitrogen and oxygen atoms in total. The highest BCUT2D eigenvalue weighted by atomic mass is 35.5. The molecule has 1 aliphatic heterocycles. The zero-order valence-electron chi connectivity index (χ0n) is 18.0. The molecule has 3 rings (SSSR count). The number of halogens is 3. The third-order valence-corrected chi connectivity index (χ3v) is 5.77. The Hall–Kier alpha value is -1.10. The summed E-state index contributed by atoms with van der Waals surface area (Å²) in [6.07, 6.45) is 3.90. The Morgan fingerprint density at radius 1 is 1.00 bits per heavy atom. The molecule has 0 bridgehead atoms. The summed E-state index contributed by atoms with van der Waals surface area (Å²) in [4.78, 5) is 32.1. The number of quaternary nitrogens is 3. The lowest BCUT2D eigenvalue weighted by atomic mass is 10.3. The second-order valence-electron chi connectivity index (χ2n) is 7.85. The van der Waals surface area contributed by atoms with Crippen LogP contribution in [0, 0.1) is 0 Å². The predicted octanol–water partition coefficient (Wildman–Crippen LogP) is -13.8. The van der Waals surface area contributed by atoms with Gasteiger partial charge in [0.15, 0.2) is 11.2 Å². The van der Waals surface area contributed by atoms with Gasteiger partial charge in [-0.1, -0.05) is 0 Å². The number of imidazole rings is 1. The van der Waals surface area contributed by atoms with Crippen molar-refractivity contribution < 1.29 is 52.3 Å². The summed E-state index contributed by atoms with van der Waals surface area (Å²) in [5.41, 5.74) is 0.367. The number of piperazine rings is 1. The van der Waals surface area contributed by atoms with E-state index in [0.717, 1.165) is 30.6 Å². The zero-order valence-corrected chi connectivity index (χ0v) is 20.2. The van der Waals surface area contributed by atoms with E-state index < -0.39 is 0 Å². The molecule has 0 aromatic carbocycles. The number of nitrogens with two attached hydrogens (primary N) is 1.